The number of hydrogen-bond acceptors (Lipinski definition) is 3. The molecule has 1 aromatic rings. The zero-order valence-electron chi connectivity index (χ0n) is 7.62. The highest BCUT2D eigenvalue weighted by atomic mass is 14.7. The van der Waals surface area contributed by atoms with E-state index in [0.717, 1.165) is 11.1 Å². The summed E-state index contributed by atoms with van der Waals surface area (Å²) >= 11 is 0. The van der Waals surface area contributed by atoms with Crippen molar-refractivity contribution >= 4 is 0 Å². The van der Waals surface area contributed by atoms with Crippen molar-refractivity contribution in [3.05, 3.63) is 34.9 Å². The summed E-state index contributed by atoms with van der Waals surface area (Å²) in [5.74, 6) is 0. The van der Waals surface area contributed by atoms with Crippen LogP contribution in [0.2, 0.25) is 0 Å². The van der Waals surface area contributed by atoms with Crippen LogP contribution in [0.5, 0.6) is 0 Å². The minimum absolute atomic E-state index is 0.173. The fourth-order valence-corrected chi connectivity index (χ4v) is 1.24. The van der Waals surface area contributed by atoms with Crippen molar-refractivity contribution in [2.24, 2.45) is 11.5 Å². The Balaban J connectivity index is 3.12. The number of nitriles is 1. The van der Waals surface area contributed by atoms with Gasteiger partial charge in [0, 0.05) is 12.6 Å². The highest BCUT2D eigenvalue weighted by Crippen LogP contribution is 2.16. The normalized spacial score (nSPS) is 12.2. The second-order valence-electron chi connectivity index (χ2n) is 3.03. The molecule has 0 aromatic heterocycles. The number of aryl methyl sites for hydroxylation is 1. The van der Waals surface area contributed by atoms with Gasteiger partial charge in [0.1, 0.15) is 0 Å². The molecule has 1 rings (SSSR count). The Morgan fingerprint density at radius 2 is 2.23 bits per heavy atom. The van der Waals surface area contributed by atoms with Gasteiger partial charge in [0.25, 0.3) is 0 Å². The van der Waals surface area contributed by atoms with Gasteiger partial charge in [-0.1, -0.05) is 6.07 Å². The molecule has 0 bridgehead atoms. The van der Waals surface area contributed by atoms with Crippen molar-refractivity contribution in [1.29, 1.82) is 5.26 Å². The second kappa shape index (κ2) is 4.04. The standard InChI is InChI=1S/C10H13N3/c1-7-2-3-8(5-11)4-9(7)10(13)6-12/h2-4,10H,6,12-13H2,1H3/t10-/m0/s1. The Morgan fingerprint density at radius 3 is 2.77 bits per heavy atom. The summed E-state index contributed by atoms with van der Waals surface area (Å²) < 4.78 is 0. The average Bonchev–Trinajstić information content (AvgIpc) is 2.17. The van der Waals surface area contributed by atoms with Crippen LogP contribution in [-0.4, -0.2) is 6.54 Å². The van der Waals surface area contributed by atoms with E-state index in [1.54, 1.807) is 12.1 Å². The fraction of sp³-hybridized carbons (Fsp3) is 0.300. The lowest BCUT2D eigenvalue weighted by Gasteiger charge is -2.12. The van der Waals surface area contributed by atoms with E-state index in [-0.39, 0.29) is 6.04 Å². The summed E-state index contributed by atoms with van der Waals surface area (Å²) in [7, 11) is 0. The summed E-state index contributed by atoms with van der Waals surface area (Å²) in [6.07, 6.45) is 0. The molecule has 1 atom stereocenters. The first-order valence-corrected chi connectivity index (χ1v) is 4.15. The average molecular weight is 175 g/mol. The smallest absolute Gasteiger partial charge is 0.0991 e. The molecule has 0 aliphatic rings. The van der Waals surface area contributed by atoms with Gasteiger partial charge in [0.2, 0.25) is 0 Å². The Morgan fingerprint density at radius 1 is 1.54 bits per heavy atom. The Kier molecular flexibility index (Phi) is 3.02. The maximum atomic E-state index is 8.69. The Bertz CT molecular complexity index is 339. The third-order valence-electron chi connectivity index (χ3n) is 2.06. The van der Waals surface area contributed by atoms with Crippen LogP contribution in [0.4, 0.5) is 0 Å². The molecule has 0 amide bonds. The first-order valence-electron chi connectivity index (χ1n) is 4.15. The molecule has 0 aliphatic carbocycles. The van der Waals surface area contributed by atoms with Gasteiger partial charge >= 0.3 is 0 Å². The molecule has 0 aliphatic heterocycles. The predicted octanol–water partition coefficient (Wildman–Crippen LogP) is 0.825. The van der Waals surface area contributed by atoms with Crippen molar-refractivity contribution < 1.29 is 0 Å². The van der Waals surface area contributed by atoms with E-state index in [1.807, 2.05) is 13.0 Å². The van der Waals surface area contributed by atoms with E-state index < -0.39 is 0 Å². The summed E-state index contributed by atoms with van der Waals surface area (Å²) in [5, 5.41) is 8.69. The van der Waals surface area contributed by atoms with Crippen molar-refractivity contribution in [2.75, 3.05) is 6.54 Å². The van der Waals surface area contributed by atoms with Crippen molar-refractivity contribution in [3.63, 3.8) is 0 Å². The third-order valence-corrected chi connectivity index (χ3v) is 2.06. The van der Waals surface area contributed by atoms with E-state index in [9.17, 15) is 0 Å². The molecule has 68 valence electrons. The zero-order chi connectivity index (χ0) is 9.84. The van der Waals surface area contributed by atoms with Gasteiger partial charge in [-0.15, -0.1) is 0 Å². The lowest BCUT2D eigenvalue weighted by molar-refractivity contribution is 0.731. The molecule has 4 N–H and O–H groups in total. The monoisotopic (exact) mass is 175 g/mol. The SMILES string of the molecule is Cc1ccc(C#N)cc1[C@@H](N)CN. The molecular formula is C10H13N3. The number of benzene rings is 1. The van der Waals surface area contributed by atoms with Crippen molar-refractivity contribution in [1.82, 2.24) is 0 Å². The summed E-state index contributed by atoms with van der Waals surface area (Å²) in [6, 6.07) is 7.37. The number of nitrogens with zero attached hydrogens (tertiary/aromatic N) is 1. The van der Waals surface area contributed by atoms with Gasteiger partial charge in [-0.05, 0) is 30.2 Å². The largest absolute Gasteiger partial charge is 0.329 e. The maximum Gasteiger partial charge on any atom is 0.0991 e. The molecule has 0 saturated carbocycles. The van der Waals surface area contributed by atoms with Crippen LogP contribution in [0, 0.1) is 18.3 Å². The van der Waals surface area contributed by atoms with Crippen LogP contribution in [0.3, 0.4) is 0 Å². The topological polar surface area (TPSA) is 75.8 Å². The molecule has 0 spiro atoms. The van der Waals surface area contributed by atoms with E-state index >= 15 is 0 Å². The molecule has 0 radical (unpaired) electrons. The Hall–Kier alpha value is -1.37. The Labute approximate surface area is 78.0 Å². The number of nitrogens with two attached hydrogens (primary N) is 2. The minimum atomic E-state index is -0.173. The first kappa shape index (κ1) is 9.72. The second-order valence-corrected chi connectivity index (χ2v) is 3.03. The van der Waals surface area contributed by atoms with Crippen molar-refractivity contribution in [3.8, 4) is 6.07 Å². The molecule has 3 nitrogen and oxygen atoms in total. The summed E-state index contributed by atoms with van der Waals surface area (Å²) in [5.41, 5.74) is 13.9. The van der Waals surface area contributed by atoms with Gasteiger partial charge < -0.3 is 11.5 Å². The number of rotatable bonds is 2. The van der Waals surface area contributed by atoms with Crippen LogP contribution in [0.15, 0.2) is 18.2 Å². The van der Waals surface area contributed by atoms with Crippen molar-refractivity contribution in [2.45, 2.75) is 13.0 Å². The van der Waals surface area contributed by atoms with Crippen LogP contribution < -0.4 is 11.5 Å². The molecule has 0 unspecified atom stereocenters. The summed E-state index contributed by atoms with van der Waals surface area (Å²) in [4.78, 5) is 0. The molecule has 0 saturated heterocycles. The van der Waals surface area contributed by atoms with Gasteiger partial charge in [0.05, 0.1) is 11.6 Å². The van der Waals surface area contributed by atoms with Crippen LogP contribution in [0.25, 0.3) is 0 Å². The lowest BCUT2D eigenvalue weighted by atomic mass is 9.99. The molecule has 0 heterocycles. The van der Waals surface area contributed by atoms with E-state index in [0.29, 0.717) is 12.1 Å². The highest BCUT2D eigenvalue weighted by Gasteiger charge is 2.07. The van der Waals surface area contributed by atoms with Gasteiger partial charge in [0.15, 0.2) is 0 Å². The molecular weight excluding hydrogens is 162 g/mol. The predicted molar refractivity (Wildman–Crippen MR) is 51.9 cm³/mol. The quantitative estimate of drug-likeness (QED) is 0.698. The van der Waals surface area contributed by atoms with Gasteiger partial charge in [-0.2, -0.15) is 5.26 Å². The van der Waals surface area contributed by atoms with Crippen LogP contribution in [0.1, 0.15) is 22.7 Å². The van der Waals surface area contributed by atoms with Gasteiger partial charge in [-0.25, -0.2) is 0 Å². The number of hydrogen-bond donors (Lipinski definition) is 2. The van der Waals surface area contributed by atoms with Crippen LogP contribution in [-0.2, 0) is 0 Å². The minimum Gasteiger partial charge on any atom is -0.329 e. The van der Waals surface area contributed by atoms with Gasteiger partial charge in [-0.3, -0.25) is 0 Å². The van der Waals surface area contributed by atoms with E-state index in [1.165, 1.54) is 0 Å². The lowest BCUT2D eigenvalue weighted by Crippen LogP contribution is -2.21. The molecule has 0 fully saturated rings. The maximum absolute atomic E-state index is 8.69. The molecule has 1 aromatic carbocycles. The first-order chi connectivity index (χ1) is 6.19. The summed E-state index contributed by atoms with van der Waals surface area (Å²) in [6.45, 7) is 2.36. The molecule has 13 heavy (non-hydrogen) atoms. The molecule has 3 heteroatoms. The van der Waals surface area contributed by atoms with Crippen LogP contribution >= 0.6 is 0 Å². The van der Waals surface area contributed by atoms with E-state index in [2.05, 4.69) is 6.07 Å². The third kappa shape index (κ3) is 2.05. The fourth-order valence-electron chi connectivity index (χ4n) is 1.24. The highest BCUT2D eigenvalue weighted by molar-refractivity contribution is 5.39. The van der Waals surface area contributed by atoms with E-state index in [4.69, 9.17) is 16.7 Å². The zero-order valence-corrected chi connectivity index (χ0v) is 7.62.